The molecule has 0 aliphatic carbocycles. The summed E-state index contributed by atoms with van der Waals surface area (Å²) < 4.78 is 14.1. The Hall–Kier alpha value is -0.970. The molecule has 1 heterocycles. The normalized spacial score (nSPS) is 11.9. The molecule has 1 aromatic carbocycles. The largest absolute Gasteiger partial charge is 0.307 e. The molecule has 1 N–H and O–H groups in total. The van der Waals surface area contributed by atoms with E-state index < -0.39 is 5.82 Å². The van der Waals surface area contributed by atoms with Crippen molar-refractivity contribution in [3.63, 3.8) is 0 Å². The van der Waals surface area contributed by atoms with Gasteiger partial charge in [0, 0.05) is 22.5 Å². The van der Waals surface area contributed by atoms with E-state index >= 15 is 0 Å². The minimum Gasteiger partial charge on any atom is -0.307 e. The molecule has 0 saturated carbocycles. The third kappa shape index (κ3) is 4.02. The first-order chi connectivity index (χ1) is 9.81. The SMILES string of the molecule is CCc1nc(-c2cccc(Cl)c2F)sc1CNC(C)(C)C. The monoisotopic (exact) mass is 326 g/mol. The quantitative estimate of drug-likeness (QED) is 0.850. The Morgan fingerprint density at radius 1 is 1.33 bits per heavy atom. The summed E-state index contributed by atoms with van der Waals surface area (Å²) in [6, 6.07) is 5.03. The van der Waals surface area contributed by atoms with Gasteiger partial charge in [0.05, 0.1) is 10.7 Å². The lowest BCUT2D eigenvalue weighted by Crippen LogP contribution is -2.35. The van der Waals surface area contributed by atoms with Gasteiger partial charge in [0.25, 0.3) is 0 Å². The topological polar surface area (TPSA) is 24.9 Å². The second kappa shape index (κ2) is 6.42. The molecule has 0 aliphatic rings. The molecule has 21 heavy (non-hydrogen) atoms. The number of nitrogens with one attached hydrogen (secondary N) is 1. The molecule has 1 aromatic heterocycles. The van der Waals surface area contributed by atoms with Gasteiger partial charge in [-0.2, -0.15) is 0 Å². The Morgan fingerprint density at radius 3 is 2.67 bits per heavy atom. The predicted molar refractivity (Wildman–Crippen MR) is 88.5 cm³/mol. The molecule has 2 aromatic rings. The van der Waals surface area contributed by atoms with E-state index in [1.165, 1.54) is 11.3 Å². The van der Waals surface area contributed by atoms with Gasteiger partial charge < -0.3 is 5.32 Å². The highest BCUT2D eigenvalue weighted by Crippen LogP contribution is 2.32. The molecule has 0 radical (unpaired) electrons. The van der Waals surface area contributed by atoms with Crippen LogP contribution < -0.4 is 5.32 Å². The van der Waals surface area contributed by atoms with Crippen LogP contribution in [0.15, 0.2) is 18.2 Å². The van der Waals surface area contributed by atoms with Gasteiger partial charge in [0.1, 0.15) is 5.01 Å². The first kappa shape index (κ1) is 16.4. The van der Waals surface area contributed by atoms with Crippen LogP contribution in [0, 0.1) is 5.82 Å². The van der Waals surface area contributed by atoms with E-state index in [0.717, 1.165) is 23.5 Å². The fourth-order valence-electron chi connectivity index (χ4n) is 1.93. The average molecular weight is 327 g/mol. The lowest BCUT2D eigenvalue weighted by atomic mass is 10.1. The molecule has 2 nitrogen and oxygen atoms in total. The van der Waals surface area contributed by atoms with Gasteiger partial charge in [-0.05, 0) is 39.3 Å². The highest BCUT2D eigenvalue weighted by Gasteiger charge is 2.17. The maximum atomic E-state index is 14.1. The number of hydrogen-bond acceptors (Lipinski definition) is 3. The van der Waals surface area contributed by atoms with E-state index in [1.807, 2.05) is 0 Å². The van der Waals surface area contributed by atoms with Crippen LogP contribution >= 0.6 is 22.9 Å². The molecule has 0 saturated heterocycles. The lowest BCUT2D eigenvalue weighted by Gasteiger charge is -2.20. The van der Waals surface area contributed by atoms with Gasteiger partial charge in [-0.15, -0.1) is 11.3 Å². The Kier molecular flexibility index (Phi) is 5.02. The van der Waals surface area contributed by atoms with Crippen molar-refractivity contribution < 1.29 is 4.39 Å². The zero-order valence-corrected chi connectivity index (χ0v) is 14.3. The molecular formula is C16H20ClFN2S. The van der Waals surface area contributed by atoms with Gasteiger partial charge in [0.15, 0.2) is 5.82 Å². The summed E-state index contributed by atoms with van der Waals surface area (Å²) in [4.78, 5) is 5.74. The van der Waals surface area contributed by atoms with Crippen molar-refractivity contribution in [2.45, 2.75) is 46.2 Å². The number of aryl methyl sites for hydroxylation is 1. The highest BCUT2D eigenvalue weighted by atomic mass is 35.5. The maximum Gasteiger partial charge on any atom is 0.152 e. The second-order valence-corrected chi connectivity index (χ2v) is 7.44. The first-order valence-electron chi connectivity index (χ1n) is 7.00. The summed E-state index contributed by atoms with van der Waals surface area (Å²) in [6.45, 7) is 9.17. The maximum absolute atomic E-state index is 14.1. The van der Waals surface area contributed by atoms with Crippen molar-refractivity contribution in [1.82, 2.24) is 10.3 Å². The van der Waals surface area contributed by atoms with Crippen LogP contribution in [-0.2, 0) is 13.0 Å². The zero-order valence-electron chi connectivity index (χ0n) is 12.8. The number of rotatable bonds is 4. The number of halogens is 2. The van der Waals surface area contributed by atoms with Crippen molar-refractivity contribution in [1.29, 1.82) is 0 Å². The zero-order chi connectivity index (χ0) is 15.6. The minimum absolute atomic E-state index is 0.0382. The molecule has 0 fully saturated rings. The minimum atomic E-state index is -0.397. The third-order valence-electron chi connectivity index (χ3n) is 3.07. The summed E-state index contributed by atoms with van der Waals surface area (Å²) in [5.41, 5.74) is 1.53. The van der Waals surface area contributed by atoms with Crippen molar-refractivity contribution >= 4 is 22.9 Å². The third-order valence-corrected chi connectivity index (χ3v) is 4.50. The van der Waals surface area contributed by atoms with Gasteiger partial charge in [-0.25, -0.2) is 9.37 Å². The van der Waals surface area contributed by atoms with Crippen LogP contribution in [0.5, 0.6) is 0 Å². The first-order valence-corrected chi connectivity index (χ1v) is 8.19. The number of aromatic nitrogens is 1. The number of benzene rings is 1. The number of hydrogen-bond donors (Lipinski definition) is 1. The van der Waals surface area contributed by atoms with Crippen LogP contribution in [0.4, 0.5) is 4.39 Å². The van der Waals surface area contributed by atoms with E-state index in [2.05, 4.69) is 38.0 Å². The Bertz CT molecular complexity index is 632. The number of thiazole rings is 1. The van der Waals surface area contributed by atoms with Gasteiger partial charge >= 0.3 is 0 Å². The fourth-order valence-corrected chi connectivity index (χ4v) is 3.21. The van der Waals surface area contributed by atoms with Crippen molar-refractivity contribution in [2.75, 3.05) is 0 Å². The molecule has 114 valence electrons. The summed E-state index contributed by atoms with van der Waals surface area (Å²) in [5.74, 6) is -0.397. The van der Waals surface area contributed by atoms with E-state index in [-0.39, 0.29) is 10.6 Å². The van der Waals surface area contributed by atoms with Crippen molar-refractivity contribution in [2.24, 2.45) is 0 Å². The number of nitrogens with zero attached hydrogens (tertiary/aromatic N) is 1. The Morgan fingerprint density at radius 2 is 2.05 bits per heavy atom. The molecular weight excluding hydrogens is 307 g/mol. The molecule has 2 rings (SSSR count). The van der Waals surface area contributed by atoms with Crippen LogP contribution in [0.1, 0.15) is 38.3 Å². The van der Waals surface area contributed by atoms with E-state index in [1.54, 1.807) is 18.2 Å². The van der Waals surface area contributed by atoms with E-state index in [9.17, 15) is 4.39 Å². The van der Waals surface area contributed by atoms with E-state index in [0.29, 0.717) is 10.6 Å². The van der Waals surface area contributed by atoms with Crippen LogP contribution in [0.2, 0.25) is 5.02 Å². The van der Waals surface area contributed by atoms with Crippen LogP contribution in [0.25, 0.3) is 10.6 Å². The van der Waals surface area contributed by atoms with Crippen LogP contribution in [0.3, 0.4) is 0 Å². The summed E-state index contributed by atoms with van der Waals surface area (Å²) >= 11 is 7.38. The van der Waals surface area contributed by atoms with Crippen LogP contribution in [-0.4, -0.2) is 10.5 Å². The van der Waals surface area contributed by atoms with Crippen molar-refractivity contribution in [3.05, 3.63) is 39.6 Å². The Balaban J connectivity index is 2.34. The van der Waals surface area contributed by atoms with Gasteiger partial charge in [0.2, 0.25) is 0 Å². The van der Waals surface area contributed by atoms with Gasteiger partial charge in [-0.1, -0.05) is 24.6 Å². The highest BCUT2D eigenvalue weighted by molar-refractivity contribution is 7.15. The Labute approximate surface area is 134 Å². The standard InChI is InChI=1S/C16H20ClFN2S/c1-5-12-13(9-19-16(2,3)4)21-15(20-12)10-7-6-8-11(17)14(10)18/h6-8,19H,5,9H2,1-4H3. The fraction of sp³-hybridized carbons (Fsp3) is 0.438. The molecule has 0 bridgehead atoms. The summed E-state index contributed by atoms with van der Waals surface area (Å²) in [6.07, 6.45) is 0.833. The predicted octanol–water partition coefficient (Wildman–Crippen LogP) is 5.05. The van der Waals surface area contributed by atoms with Crippen molar-refractivity contribution in [3.8, 4) is 10.6 Å². The van der Waals surface area contributed by atoms with Gasteiger partial charge in [-0.3, -0.25) is 0 Å². The van der Waals surface area contributed by atoms with E-state index in [4.69, 9.17) is 11.6 Å². The lowest BCUT2D eigenvalue weighted by molar-refractivity contribution is 0.425. The molecule has 5 heteroatoms. The smallest absolute Gasteiger partial charge is 0.152 e. The summed E-state index contributed by atoms with van der Waals surface area (Å²) in [5, 5.41) is 4.28. The second-order valence-electron chi connectivity index (χ2n) is 5.95. The molecule has 0 spiro atoms. The average Bonchev–Trinajstić information content (AvgIpc) is 2.82. The summed E-state index contributed by atoms with van der Waals surface area (Å²) in [7, 11) is 0. The molecule has 0 unspecified atom stereocenters. The molecule has 0 aliphatic heterocycles. The molecule has 0 atom stereocenters. The molecule has 0 amide bonds.